The highest BCUT2D eigenvalue weighted by Gasteiger charge is 2.40. The first kappa shape index (κ1) is 20.2. The monoisotopic (exact) mass is 401 g/mol. The van der Waals surface area contributed by atoms with Gasteiger partial charge in [0, 0.05) is 24.3 Å². The fourth-order valence-electron chi connectivity index (χ4n) is 2.87. The molecule has 1 N–H and O–H groups in total. The summed E-state index contributed by atoms with van der Waals surface area (Å²) in [7, 11) is 1.73. The van der Waals surface area contributed by atoms with Crippen LogP contribution in [-0.4, -0.2) is 35.6 Å². The number of rotatable bonds is 5. The molecule has 2 aromatic carbocycles. The van der Waals surface area contributed by atoms with E-state index in [0.717, 1.165) is 11.1 Å². The maximum Gasteiger partial charge on any atom is 0.321 e. The number of carbonyl (C=O) groups is 2. The Labute approximate surface area is 170 Å². The lowest BCUT2D eigenvalue weighted by atomic mass is 9.95. The van der Waals surface area contributed by atoms with Gasteiger partial charge in [-0.3, -0.25) is 9.63 Å². The van der Waals surface area contributed by atoms with Gasteiger partial charge in [-0.15, -0.1) is 0 Å². The van der Waals surface area contributed by atoms with Crippen molar-refractivity contribution in [3.8, 4) is 0 Å². The van der Waals surface area contributed by atoms with Crippen molar-refractivity contribution in [3.05, 3.63) is 64.7 Å². The summed E-state index contributed by atoms with van der Waals surface area (Å²) in [5.74, 6) is -0.0662. The molecule has 0 atom stereocenters. The predicted molar refractivity (Wildman–Crippen MR) is 109 cm³/mol. The van der Waals surface area contributed by atoms with Crippen molar-refractivity contribution in [2.45, 2.75) is 26.9 Å². The van der Waals surface area contributed by atoms with Crippen molar-refractivity contribution in [1.29, 1.82) is 0 Å². The zero-order valence-electron chi connectivity index (χ0n) is 16.2. The van der Waals surface area contributed by atoms with E-state index in [1.54, 1.807) is 30.1 Å². The van der Waals surface area contributed by atoms with E-state index in [1.165, 1.54) is 5.06 Å². The molecule has 1 fully saturated rings. The number of urea groups is 1. The van der Waals surface area contributed by atoms with E-state index in [4.69, 9.17) is 16.4 Å². The number of nitrogens with zero attached hydrogens (tertiary/aromatic N) is 2. The Morgan fingerprint density at radius 1 is 1.25 bits per heavy atom. The molecule has 3 amide bonds. The minimum atomic E-state index is -0.524. The third kappa shape index (κ3) is 4.64. The van der Waals surface area contributed by atoms with Gasteiger partial charge in [-0.05, 0) is 37.1 Å². The van der Waals surface area contributed by atoms with Crippen molar-refractivity contribution >= 4 is 29.2 Å². The van der Waals surface area contributed by atoms with Crippen LogP contribution in [0.15, 0.2) is 48.5 Å². The number of carbonyl (C=O) groups excluding carboxylic acids is 2. The molecule has 28 heavy (non-hydrogen) atoms. The lowest BCUT2D eigenvalue weighted by Crippen LogP contribution is -2.31. The van der Waals surface area contributed by atoms with E-state index in [-0.39, 0.29) is 18.5 Å². The molecule has 0 aromatic heterocycles. The van der Waals surface area contributed by atoms with Crippen LogP contribution in [0.1, 0.15) is 25.0 Å². The van der Waals surface area contributed by atoms with Crippen LogP contribution in [0, 0.1) is 5.41 Å². The molecule has 6 nitrogen and oxygen atoms in total. The van der Waals surface area contributed by atoms with Gasteiger partial charge in [0.05, 0.1) is 18.6 Å². The van der Waals surface area contributed by atoms with Crippen LogP contribution in [0.3, 0.4) is 0 Å². The molecule has 0 unspecified atom stereocenters. The number of hydrogen-bond donors (Lipinski definition) is 1. The Kier molecular flexibility index (Phi) is 5.91. The van der Waals surface area contributed by atoms with E-state index < -0.39 is 5.41 Å². The van der Waals surface area contributed by atoms with Crippen LogP contribution in [0.4, 0.5) is 10.5 Å². The summed E-state index contributed by atoms with van der Waals surface area (Å²) in [6.45, 7) is 4.82. The highest BCUT2D eigenvalue weighted by Crippen LogP contribution is 2.30. The van der Waals surface area contributed by atoms with Crippen molar-refractivity contribution in [2.75, 3.05) is 19.0 Å². The van der Waals surface area contributed by atoms with E-state index in [0.29, 0.717) is 23.9 Å². The maximum absolute atomic E-state index is 12.4. The summed E-state index contributed by atoms with van der Waals surface area (Å²) in [4.78, 5) is 31.7. The molecule has 7 heteroatoms. The molecule has 3 rings (SSSR count). The average molecular weight is 402 g/mol. The number of hydroxylamine groups is 2. The molecule has 0 spiro atoms. The van der Waals surface area contributed by atoms with Crippen molar-refractivity contribution < 1.29 is 14.4 Å². The van der Waals surface area contributed by atoms with Gasteiger partial charge in [0.15, 0.2) is 0 Å². The van der Waals surface area contributed by atoms with Crippen LogP contribution >= 0.6 is 11.6 Å². The van der Waals surface area contributed by atoms with Gasteiger partial charge in [-0.2, -0.15) is 0 Å². The second-order valence-corrected chi connectivity index (χ2v) is 7.98. The standard InChI is InChI=1S/C21H24ClN3O3/c1-21(2)14-28-25(19(21)26)13-16-9-10-17(11-18(16)22)23-20(27)24(3)12-15-7-5-4-6-8-15/h4-11H,12-14H2,1-3H3,(H,23,27). The summed E-state index contributed by atoms with van der Waals surface area (Å²) in [5.41, 5.74) is 1.87. The van der Waals surface area contributed by atoms with Crippen LogP contribution in [0.25, 0.3) is 0 Å². The molecule has 1 aliphatic heterocycles. The molecular formula is C21H24ClN3O3. The fraction of sp³-hybridized carbons (Fsp3) is 0.333. The summed E-state index contributed by atoms with van der Waals surface area (Å²) < 4.78 is 0. The smallest absolute Gasteiger partial charge is 0.321 e. The Bertz CT molecular complexity index is 870. The Balaban J connectivity index is 1.61. The number of nitrogens with one attached hydrogen (secondary N) is 1. The molecule has 0 bridgehead atoms. The van der Waals surface area contributed by atoms with Crippen LogP contribution in [-0.2, 0) is 22.7 Å². The summed E-state index contributed by atoms with van der Waals surface area (Å²) in [5, 5.41) is 4.64. The van der Waals surface area contributed by atoms with E-state index in [2.05, 4.69) is 5.32 Å². The van der Waals surface area contributed by atoms with Gasteiger partial charge in [0.1, 0.15) is 0 Å². The van der Waals surface area contributed by atoms with Crippen LogP contribution < -0.4 is 5.32 Å². The number of halogens is 1. The van der Waals surface area contributed by atoms with E-state index in [1.807, 2.05) is 44.2 Å². The largest absolute Gasteiger partial charge is 0.323 e. The number of anilines is 1. The van der Waals surface area contributed by atoms with Gasteiger partial charge in [-0.1, -0.05) is 48.0 Å². The Hall–Kier alpha value is -2.57. The molecule has 2 aromatic rings. The Morgan fingerprint density at radius 3 is 2.57 bits per heavy atom. The van der Waals surface area contributed by atoms with Crippen molar-refractivity contribution in [3.63, 3.8) is 0 Å². The molecule has 148 valence electrons. The summed E-state index contributed by atoms with van der Waals surface area (Å²) in [6.07, 6.45) is 0. The molecule has 1 aliphatic rings. The second-order valence-electron chi connectivity index (χ2n) is 7.58. The quantitative estimate of drug-likeness (QED) is 0.812. The van der Waals surface area contributed by atoms with Crippen molar-refractivity contribution in [1.82, 2.24) is 9.96 Å². The van der Waals surface area contributed by atoms with Gasteiger partial charge in [-0.25, -0.2) is 9.86 Å². The SMILES string of the molecule is CN(Cc1ccccc1)C(=O)Nc1ccc(CN2OCC(C)(C)C2=O)c(Cl)c1. The molecule has 1 heterocycles. The second kappa shape index (κ2) is 8.20. The first-order chi connectivity index (χ1) is 13.3. The number of amides is 3. The number of benzene rings is 2. The summed E-state index contributed by atoms with van der Waals surface area (Å²) in [6, 6.07) is 14.8. The minimum absolute atomic E-state index is 0.0662. The van der Waals surface area contributed by atoms with Crippen LogP contribution in [0.2, 0.25) is 5.02 Å². The van der Waals surface area contributed by atoms with Crippen LogP contribution in [0.5, 0.6) is 0 Å². The maximum atomic E-state index is 12.4. The zero-order valence-corrected chi connectivity index (χ0v) is 17.0. The zero-order chi connectivity index (χ0) is 20.3. The molecule has 0 aliphatic carbocycles. The number of hydrogen-bond acceptors (Lipinski definition) is 3. The lowest BCUT2D eigenvalue weighted by molar-refractivity contribution is -0.165. The molecular weight excluding hydrogens is 378 g/mol. The average Bonchev–Trinajstić information content (AvgIpc) is 2.91. The Morgan fingerprint density at radius 2 is 1.96 bits per heavy atom. The van der Waals surface area contributed by atoms with E-state index >= 15 is 0 Å². The summed E-state index contributed by atoms with van der Waals surface area (Å²) >= 11 is 6.36. The fourth-order valence-corrected chi connectivity index (χ4v) is 3.11. The molecule has 0 saturated carbocycles. The minimum Gasteiger partial charge on any atom is -0.323 e. The normalized spacial score (nSPS) is 15.6. The topological polar surface area (TPSA) is 61.9 Å². The van der Waals surface area contributed by atoms with Crippen molar-refractivity contribution in [2.24, 2.45) is 5.41 Å². The third-order valence-electron chi connectivity index (χ3n) is 4.61. The highest BCUT2D eigenvalue weighted by atomic mass is 35.5. The molecule has 1 saturated heterocycles. The first-order valence-electron chi connectivity index (χ1n) is 9.05. The van der Waals surface area contributed by atoms with E-state index in [9.17, 15) is 9.59 Å². The lowest BCUT2D eigenvalue weighted by Gasteiger charge is -2.19. The van der Waals surface area contributed by atoms with Gasteiger partial charge < -0.3 is 10.2 Å². The highest BCUT2D eigenvalue weighted by molar-refractivity contribution is 6.31. The van der Waals surface area contributed by atoms with Gasteiger partial charge in [0.25, 0.3) is 5.91 Å². The predicted octanol–water partition coefficient (Wildman–Crippen LogP) is 4.30. The third-order valence-corrected chi connectivity index (χ3v) is 4.97. The van der Waals surface area contributed by atoms with Gasteiger partial charge >= 0.3 is 6.03 Å². The first-order valence-corrected chi connectivity index (χ1v) is 9.43. The molecule has 0 radical (unpaired) electrons. The van der Waals surface area contributed by atoms with Gasteiger partial charge in [0.2, 0.25) is 0 Å².